The summed E-state index contributed by atoms with van der Waals surface area (Å²) in [6, 6.07) is 4.80. The first-order valence-corrected chi connectivity index (χ1v) is 6.31. The number of benzene rings is 1. The summed E-state index contributed by atoms with van der Waals surface area (Å²) in [6.07, 6.45) is 4.31. The van der Waals surface area contributed by atoms with Gasteiger partial charge in [-0.15, -0.1) is 0 Å². The molecule has 0 saturated carbocycles. The van der Waals surface area contributed by atoms with Crippen molar-refractivity contribution in [3.63, 3.8) is 0 Å². The molecule has 0 amide bonds. The van der Waals surface area contributed by atoms with Gasteiger partial charge in [-0.1, -0.05) is 0 Å². The largest absolute Gasteiger partial charge is 0.508 e. The van der Waals surface area contributed by atoms with Crippen molar-refractivity contribution in [3.8, 4) is 5.75 Å². The molecule has 1 aromatic heterocycles. The maximum absolute atomic E-state index is 13.9. The van der Waals surface area contributed by atoms with E-state index in [0.29, 0.717) is 12.1 Å². The van der Waals surface area contributed by atoms with Crippen LogP contribution in [0.1, 0.15) is 16.7 Å². The third-order valence-corrected chi connectivity index (χ3v) is 3.60. The summed E-state index contributed by atoms with van der Waals surface area (Å²) in [5, 5.41) is 9.43. The average Bonchev–Trinajstić information content (AvgIpc) is 2.39. The van der Waals surface area contributed by atoms with Gasteiger partial charge in [-0.25, -0.2) is 4.39 Å². The fraction of sp³-hybridized carbons (Fsp3) is 0.267. The molecule has 4 heteroatoms. The fourth-order valence-corrected chi connectivity index (χ4v) is 2.63. The highest BCUT2D eigenvalue weighted by Crippen LogP contribution is 2.30. The summed E-state index contributed by atoms with van der Waals surface area (Å²) < 4.78 is 13.9. The van der Waals surface area contributed by atoms with Gasteiger partial charge in [-0.3, -0.25) is 4.98 Å². The molecule has 98 valence electrons. The second-order valence-corrected chi connectivity index (χ2v) is 4.90. The number of pyridine rings is 1. The van der Waals surface area contributed by atoms with Crippen molar-refractivity contribution in [2.24, 2.45) is 0 Å². The van der Waals surface area contributed by atoms with Crippen molar-refractivity contribution in [2.45, 2.75) is 19.9 Å². The lowest BCUT2D eigenvalue weighted by Gasteiger charge is -2.32. The molecular formula is C15H15FN2O. The van der Waals surface area contributed by atoms with E-state index in [1.807, 2.05) is 19.2 Å². The summed E-state index contributed by atoms with van der Waals surface area (Å²) >= 11 is 0. The van der Waals surface area contributed by atoms with Crippen molar-refractivity contribution in [2.75, 3.05) is 11.4 Å². The average molecular weight is 258 g/mol. The number of rotatable bonds is 1. The van der Waals surface area contributed by atoms with Gasteiger partial charge in [0.1, 0.15) is 11.6 Å². The molecule has 0 fully saturated rings. The summed E-state index contributed by atoms with van der Waals surface area (Å²) in [5.41, 5.74) is 3.76. The topological polar surface area (TPSA) is 36.4 Å². The predicted octanol–water partition coefficient (Wildman–Crippen LogP) is 2.80. The summed E-state index contributed by atoms with van der Waals surface area (Å²) in [7, 11) is 0. The Hall–Kier alpha value is -2.10. The van der Waals surface area contributed by atoms with Crippen LogP contribution in [0.2, 0.25) is 0 Å². The van der Waals surface area contributed by atoms with Crippen LogP contribution in [0, 0.1) is 12.7 Å². The van der Waals surface area contributed by atoms with E-state index >= 15 is 0 Å². The Morgan fingerprint density at radius 3 is 3.00 bits per heavy atom. The number of hydrogen-bond acceptors (Lipinski definition) is 3. The molecule has 0 radical (unpaired) electrons. The van der Waals surface area contributed by atoms with Crippen LogP contribution in [-0.4, -0.2) is 16.6 Å². The summed E-state index contributed by atoms with van der Waals surface area (Å²) in [6.45, 7) is 3.36. The van der Waals surface area contributed by atoms with Crippen LogP contribution in [-0.2, 0) is 13.0 Å². The van der Waals surface area contributed by atoms with Gasteiger partial charge >= 0.3 is 0 Å². The van der Waals surface area contributed by atoms with E-state index < -0.39 is 0 Å². The number of nitrogens with zero attached hydrogens (tertiary/aromatic N) is 2. The molecule has 0 bridgehead atoms. The van der Waals surface area contributed by atoms with Gasteiger partial charge in [0.2, 0.25) is 0 Å². The van der Waals surface area contributed by atoms with Crippen molar-refractivity contribution >= 4 is 5.69 Å². The smallest absolute Gasteiger partial charge is 0.132 e. The number of phenolic OH excluding ortho intramolecular Hbond substituents is 1. The number of hydrogen-bond donors (Lipinski definition) is 1. The van der Waals surface area contributed by atoms with Gasteiger partial charge < -0.3 is 10.0 Å². The molecule has 0 spiro atoms. The van der Waals surface area contributed by atoms with Crippen molar-refractivity contribution in [1.29, 1.82) is 0 Å². The van der Waals surface area contributed by atoms with Crippen LogP contribution >= 0.6 is 0 Å². The fourth-order valence-electron chi connectivity index (χ4n) is 2.63. The van der Waals surface area contributed by atoms with Crippen molar-refractivity contribution in [1.82, 2.24) is 4.98 Å². The normalized spacial score (nSPS) is 14.3. The number of aryl methyl sites for hydroxylation is 1. The molecule has 3 rings (SSSR count). The van der Waals surface area contributed by atoms with Gasteiger partial charge in [0.15, 0.2) is 0 Å². The molecule has 19 heavy (non-hydrogen) atoms. The molecule has 0 unspecified atom stereocenters. The van der Waals surface area contributed by atoms with Gasteiger partial charge in [0, 0.05) is 42.8 Å². The van der Waals surface area contributed by atoms with E-state index in [-0.39, 0.29) is 11.6 Å². The van der Waals surface area contributed by atoms with Crippen LogP contribution < -0.4 is 4.90 Å². The van der Waals surface area contributed by atoms with Gasteiger partial charge in [-0.05, 0) is 36.6 Å². The molecule has 2 aromatic rings. The molecular weight excluding hydrogens is 243 g/mol. The Labute approximate surface area is 111 Å². The maximum Gasteiger partial charge on any atom is 0.132 e. The zero-order valence-corrected chi connectivity index (χ0v) is 10.7. The number of fused-ring (bicyclic) bond motifs is 1. The van der Waals surface area contributed by atoms with Gasteiger partial charge in [-0.2, -0.15) is 0 Å². The Bertz CT molecular complexity index is 628. The van der Waals surface area contributed by atoms with E-state index in [1.165, 1.54) is 6.07 Å². The van der Waals surface area contributed by atoms with Crippen LogP contribution in [0.3, 0.4) is 0 Å². The molecule has 2 heterocycles. The Morgan fingerprint density at radius 2 is 2.21 bits per heavy atom. The van der Waals surface area contributed by atoms with Crippen LogP contribution in [0.25, 0.3) is 0 Å². The Morgan fingerprint density at radius 1 is 1.37 bits per heavy atom. The Kier molecular flexibility index (Phi) is 2.85. The van der Waals surface area contributed by atoms with Crippen molar-refractivity contribution in [3.05, 3.63) is 53.1 Å². The minimum absolute atomic E-state index is 0.00444. The first-order chi connectivity index (χ1) is 9.15. The van der Waals surface area contributed by atoms with Crippen LogP contribution in [0.15, 0.2) is 30.6 Å². The molecule has 1 aromatic carbocycles. The number of aromatic nitrogens is 1. The quantitative estimate of drug-likeness (QED) is 0.854. The lowest BCUT2D eigenvalue weighted by molar-refractivity contribution is 0.465. The first-order valence-electron chi connectivity index (χ1n) is 6.31. The first kappa shape index (κ1) is 12.0. The maximum atomic E-state index is 13.9. The highest BCUT2D eigenvalue weighted by Gasteiger charge is 2.21. The standard InChI is InChI=1S/C15H15FN2O/c1-10-8-17-4-2-15(10)18-5-3-11-6-12(19)7-14(16)13(11)9-18/h2,4,6-8,19H,3,5,9H2,1H3. The lowest BCUT2D eigenvalue weighted by Crippen LogP contribution is -2.31. The minimum Gasteiger partial charge on any atom is -0.508 e. The zero-order chi connectivity index (χ0) is 13.4. The highest BCUT2D eigenvalue weighted by molar-refractivity contribution is 5.54. The predicted molar refractivity (Wildman–Crippen MR) is 71.8 cm³/mol. The highest BCUT2D eigenvalue weighted by atomic mass is 19.1. The van der Waals surface area contributed by atoms with Gasteiger partial charge in [0.05, 0.1) is 0 Å². The second kappa shape index (κ2) is 4.53. The summed E-state index contributed by atoms with van der Waals surface area (Å²) in [5.74, 6) is -0.323. The number of anilines is 1. The van der Waals surface area contributed by atoms with Gasteiger partial charge in [0.25, 0.3) is 0 Å². The van der Waals surface area contributed by atoms with Crippen LogP contribution in [0.5, 0.6) is 5.75 Å². The van der Waals surface area contributed by atoms with E-state index in [0.717, 1.165) is 29.8 Å². The molecule has 3 nitrogen and oxygen atoms in total. The molecule has 1 aliphatic heterocycles. The Balaban J connectivity index is 1.97. The summed E-state index contributed by atoms with van der Waals surface area (Å²) in [4.78, 5) is 6.23. The molecule has 0 aliphatic carbocycles. The second-order valence-electron chi connectivity index (χ2n) is 4.90. The monoisotopic (exact) mass is 258 g/mol. The third-order valence-electron chi connectivity index (χ3n) is 3.60. The number of aromatic hydroxyl groups is 1. The molecule has 0 saturated heterocycles. The van der Waals surface area contributed by atoms with E-state index in [2.05, 4.69) is 9.88 Å². The van der Waals surface area contributed by atoms with E-state index in [4.69, 9.17) is 0 Å². The molecule has 1 N–H and O–H groups in total. The lowest BCUT2D eigenvalue weighted by atomic mass is 9.98. The number of phenols is 1. The SMILES string of the molecule is Cc1cnccc1N1CCc2cc(O)cc(F)c2C1. The van der Waals surface area contributed by atoms with Crippen molar-refractivity contribution < 1.29 is 9.50 Å². The number of halogens is 1. The van der Waals surface area contributed by atoms with E-state index in [1.54, 1.807) is 12.3 Å². The minimum atomic E-state index is -0.327. The van der Waals surface area contributed by atoms with E-state index in [9.17, 15) is 9.50 Å². The van der Waals surface area contributed by atoms with Crippen LogP contribution in [0.4, 0.5) is 10.1 Å². The molecule has 1 aliphatic rings. The molecule has 0 atom stereocenters. The zero-order valence-electron chi connectivity index (χ0n) is 10.7. The third kappa shape index (κ3) is 2.14.